The Hall–Kier alpha value is -2.77. The fourth-order valence-corrected chi connectivity index (χ4v) is 2.90. The molecule has 1 rings (SSSR count). The number of benzene rings is 1. The van der Waals surface area contributed by atoms with E-state index < -0.39 is 23.6 Å². The van der Waals surface area contributed by atoms with Gasteiger partial charge in [0.2, 0.25) is 11.8 Å². The first-order valence-electron chi connectivity index (χ1n) is 10.3. The van der Waals surface area contributed by atoms with Crippen molar-refractivity contribution in [3.8, 4) is 5.75 Å². The van der Waals surface area contributed by atoms with Gasteiger partial charge >= 0.3 is 6.09 Å². The molecule has 0 bridgehead atoms. The number of phenolic OH excluding ortho intramolecular Hbond substituents is 1. The summed E-state index contributed by atoms with van der Waals surface area (Å²) in [5.41, 5.74) is -0.367. The Kier molecular flexibility index (Phi) is 9.62. The maximum atomic E-state index is 13.0. The van der Waals surface area contributed by atoms with Crippen molar-refractivity contribution in [3.63, 3.8) is 0 Å². The van der Waals surface area contributed by atoms with E-state index in [0.717, 1.165) is 12.8 Å². The lowest BCUT2D eigenvalue weighted by Crippen LogP contribution is -2.50. The molecule has 8 nitrogen and oxygen atoms in total. The summed E-state index contributed by atoms with van der Waals surface area (Å²) in [6, 6.07) is 5.04. The number of carbonyl (C=O) groups is 3. The van der Waals surface area contributed by atoms with Crippen LogP contribution < -0.4 is 10.6 Å². The Balaban J connectivity index is 3.12. The van der Waals surface area contributed by atoms with Crippen molar-refractivity contribution in [2.75, 3.05) is 13.1 Å². The molecule has 0 fully saturated rings. The number of nitrogens with zero attached hydrogens (tertiary/aromatic N) is 1. The Labute approximate surface area is 179 Å². The number of hydrogen-bond acceptors (Lipinski definition) is 5. The Morgan fingerprint density at radius 2 is 1.77 bits per heavy atom. The van der Waals surface area contributed by atoms with Gasteiger partial charge in [-0.05, 0) is 47.1 Å². The van der Waals surface area contributed by atoms with Crippen molar-refractivity contribution in [2.45, 2.75) is 72.1 Å². The molecule has 1 aromatic carbocycles. The molecule has 0 aliphatic carbocycles. The molecule has 3 amide bonds. The van der Waals surface area contributed by atoms with Crippen molar-refractivity contribution in [1.82, 2.24) is 15.5 Å². The molecule has 0 radical (unpaired) electrons. The molecule has 0 saturated heterocycles. The molecule has 0 spiro atoms. The Morgan fingerprint density at radius 3 is 2.30 bits per heavy atom. The molecule has 8 heteroatoms. The number of phenols is 1. The second-order valence-corrected chi connectivity index (χ2v) is 8.36. The molecule has 0 aliphatic rings. The minimum Gasteiger partial charge on any atom is -0.508 e. The zero-order valence-corrected chi connectivity index (χ0v) is 18.8. The van der Waals surface area contributed by atoms with Gasteiger partial charge in [-0.25, -0.2) is 4.79 Å². The molecular weight excluding hydrogens is 386 g/mol. The first-order valence-corrected chi connectivity index (χ1v) is 10.3. The zero-order valence-electron chi connectivity index (χ0n) is 18.8. The van der Waals surface area contributed by atoms with Crippen molar-refractivity contribution in [2.24, 2.45) is 0 Å². The highest BCUT2D eigenvalue weighted by Crippen LogP contribution is 2.30. The first kappa shape index (κ1) is 25.3. The quantitative estimate of drug-likeness (QED) is 0.531. The number of ether oxygens (including phenoxy) is 1. The largest absolute Gasteiger partial charge is 0.508 e. The SMILES string of the molecule is CCCCNC(=O)C(c1ccccc1O)N(C(=O)CNC(=O)OC(C)(C)C)C(C)C. The monoisotopic (exact) mass is 421 g/mol. The summed E-state index contributed by atoms with van der Waals surface area (Å²) in [6.45, 7) is 10.9. The normalized spacial score (nSPS) is 12.2. The van der Waals surface area contributed by atoms with Gasteiger partial charge in [-0.3, -0.25) is 9.59 Å². The van der Waals surface area contributed by atoms with Crippen LogP contribution in [0.15, 0.2) is 24.3 Å². The van der Waals surface area contributed by atoms with E-state index >= 15 is 0 Å². The molecule has 0 aromatic heterocycles. The van der Waals surface area contributed by atoms with Crippen molar-refractivity contribution >= 4 is 17.9 Å². The van der Waals surface area contributed by atoms with Crippen LogP contribution in [0.5, 0.6) is 5.75 Å². The minimum absolute atomic E-state index is 0.0771. The fraction of sp³-hybridized carbons (Fsp3) is 0.591. The van der Waals surface area contributed by atoms with Crippen LogP contribution in [-0.4, -0.2) is 52.6 Å². The number of carbonyl (C=O) groups excluding carboxylic acids is 3. The lowest BCUT2D eigenvalue weighted by atomic mass is 10.0. The summed E-state index contributed by atoms with van der Waals surface area (Å²) in [6.07, 6.45) is 0.995. The van der Waals surface area contributed by atoms with Gasteiger partial charge in [0.25, 0.3) is 0 Å². The molecule has 30 heavy (non-hydrogen) atoms. The molecule has 168 valence electrons. The van der Waals surface area contributed by atoms with Crippen LogP contribution in [0.3, 0.4) is 0 Å². The highest BCUT2D eigenvalue weighted by molar-refractivity contribution is 5.91. The second kappa shape index (κ2) is 11.4. The number of aromatic hydroxyl groups is 1. The standard InChI is InChI=1S/C22H35N3O5/c1-7-8-13-23-20(28)19(16-11-9-10-12-17(16)26)25(15(2)3)18(27)14-24-21(29)30-22(4,5)6/h9-12,15,19,26H,7-8,13-14H2,1-6H3,(H,23,28)(H,24,29). The van der Waals surface area contributed by atoms with Crippen LogP contribution in [-0.2, 0) is 14.3 Å². The zero-order chi connectivity index (χ0) is 22.9. The van der Waals surface area contributed by atoms with Crippen LogP contribution in [0.1, 0.15) is 66.0 Å². The number of rotatable bonds is 9. The van der Waals surface area contributed by atoms with E-state index in [1.807, 2.05) is 6.92 Å². The molecular formula is C22H35N3O5. The topological polar surface area (TPSA) is 108 Å². The van der Waals surface area contributed by atoms with Crippen LogP contribution in [0, 0.1) is 0 Å². The summed E-state index contributed by atoms with van der Waals surface area (Å²) in [5, 5.41) is 15.6. The Bertz CT molecular complexity index is 728. The molecule has 1 atom stereocenters. The predicted molar refractivity (Wildman–Crippen MR) is 115 cm³/mol. The number of amides is 3. The van der Waals surface area contributed by atoms with E-state index in [1.165, 1.54) is 11.0 Å². The summed E-state index contributed by atoms with van der Waals surface area (Å²) in [4.78, 5) is 39.3. The van der Waals surface area contributed by atoms with E-state index in [9.17, 15) is 19.5 Å². The second-order valence-electron chi connectivity index (χ2n) is 8.36. The summed E-state index contributed by atoms with van der Waals surface area (Å²) < 4.78 is 5.17. The van der Waals surface area contributed by atoms with Gasteiger partial charge in [0.1, 0.15) is 23.9 Å². The third-order valence-corrected chi connectivity index (χ3v) is 4.21. The first-order chi connectivity index (χ1) is 14.0. The molecule has 0 heterocycles. The average Bonchev–Trinajstić information content (AvgIpc) is 2.63. The van der Waals surface area contributed by atoms with E-state index in [1.54, 1.807) is 52.8 Å². The molecule has 0 saturated carbocycles. The molecule has 3 N–H and O–H groups in total. The van der Waals surface area contributed by atoms with Gasteiger partial charge in [0.05, 0.1) is 0 Å². The number of unbranched alkanes of at least 4 members (excludes halogenated alkanes) is 1. The maximum Gasteiger partial charge on any atom is 0.408 e. The summed E-state index contributed by atoms with van der Waals surface area (Å²) >= 11 is 0. The van der Waals surface area contributed by atoms with Gasteiger partial charge in [-0.15, -0.1) is 0 Å². The van der Waals surface area contributed by atoms with Gasteiger partial charge in [-0.2, -0.15) is 0 Å². The van der Waals surface area contributed by atoms with Crippen LogP contribution in [0.4, 0.5) is 4.79 Å². The molecule has 1 unspecified atom stereocenters. The maximum absolute atomic E-state index is 13.0. The Morgan fingerprint density at radius 1 is 1.13 bits per heavy atom. The van der Waals surface area contributed by atoms with Crippen LogP contribution in [0.2, 0.25) is 0 Å². The van der Waals surface area contributed by atoms with E-state index in [0.29, 0.717) is 12.1 Å². The predicted octanol–water partition coefficient (Wildman–Crippen LogP) is 3.11. The van der Waals surface area contributed by atoms with Gasteiger partial charge < -0.3 is 25.4 Å². The van der Waals surface area contributed by atoms with Crippen molar-refractivity contribution in [1.29, 1.82) is 0 Å². The van der Waals surface area contributed by atoms with Crippen molar-refractivity contribution in [3.05, 3.63) is 29.8 Å². The number of alkyl carbamates (subject to hydrolysis) is 1. The average molecular weight is 422 g/mol. The summed E-state index contributed by atoms with van der Waals surface area (Å²) in [7, 11) is 0. The third-order valence-electron chi connectivity index (χ3n) is 4.21. The van der Waals surface area contributed by atoms with E-state index in [-0.39, 0.29) is 24.2 Å². The highest BCUT2D eigenvalue weighted by Gasteiger charge is 2.34. The van der Waals surface area contributed by atoms with Gasteiger partial charge in [0, 0.05) is 18.2 Å². The third kappa shape index (κ3) is 7.93. The van der Waals surface area contributed by atoms with Crippen LogP contribution >= 0.6 is 0 Å². The fourth-order valence-electron chi connectivity index (χ4n) is 2.90. The van der Waals surface area contributed by atoms with Crippen LogP contribution in [0.25, 0.3) is 0 Å². The number of nitrogens with one attached hydrogen (secondary N) is 2. The molecule has 0 aliphatic heterocycles. The summed E-state index contributed by atoms with van der Waals surface area (Å²) in [5.74, 6) is -0.925. The molecule has 1 aromatic rings. The van der Waals surface area contributed by atoms with Gasteiger partial charge in [0.15, 0.2) is 0 Å². The number of para-hydroxylation sites is 1. The van der Waals surface area contributed by atoms with E-state index in [4.69, 9.17) is 4.74 Å². The highest BCUT2D eigenvalue weighted by atomic mass is 16.6. The lowest BCUT2D eigenvalue weighted by Gasteiger charge is -2.35. The van der Waals surface area contributed by atoms with E-state index in [2.05, 4.69) is 10.6 Å². The van der Waals surface area contributed by atoms with Gasteiger partial charge in [-0.1, -0.05) is 31.5 Å². The van der Waals surface area contributed by atoms with Crippen molar-refractivity contribution < 1.29 is 24.2 Å². The number of hydrogen-bond donors (Lipinski definition) is 3. The smallest absolute Gasteiger partial charge is 0.408 e. The minimum atomic E-state index is -1.03. The lowest BCUT2D eigenvalue weighted by molar-refractivity contribution is -0.142.